The van der Waals surface area contributed by atoms with E-state index in [2.05, 4.69) is 15.5 Å². The Balaban J connectivity index is 1.87. The molecule has 0 fully saturated rings. The average molecular weight is 411 g/mol. The summed E-state index contributed by atoms with van der Waals surface area (Å²) in [4.78, 5) is 23.7. The molecule has 2 rings (SSSR count). The van der Waals surface area contributed by atoms with Crippen molar-refractivity contribution in [1.29, 1.82) is 0 Å². The number of halogens is 1. The molecule has 1 heterocycles. The first-order chi connectivity index (χ1) is 12.8. The minimum Gasteiger partial charge on any atom is -0.455 e. The average Bonchev–Trinajstić information content (AvgIpc) is 3.09. The van der Waals surface area contributed by atoms with Crippen LogP contribution in [0.1, 0.15) is 26.3 Å². The molecule has 9 heteroatoms. The predicted molar refractivity (Wildman–Crippen MR) is 105 cm³/mol. The number of amides is 1. The standard InChI is InChI=1S/C18H23ClN4O3S/c1-11(2)13(4)21-16(24)8-26-17(25)9-27-18-22-20-10-23(18)14-6-5-12(3)15(19)7-14/h5-7,10-11,13H,8-9H2,1-4H3,(H,21,24). The third-order valence-electron chi connectivity index (χ3n) is 4.02. The van der Waals surface area contributed by atoms with Gasteiger partial charge in [0.1, 0.15) is 6.33 Å². The molecule has 7 nitrogen and oxygen atoms in total. The number of carbonyl (C=O) groups excluding carboxylic acids is 2. The third kappa shape index (κ3) is 6.25. The van der Waals surface area contributed by atoms with Crippen LogP contribution in [0.25, 0.3) is 5.69 Å². The maximum Gasteiger partial charge on any atom is 0.316 e. The van der Waals surface area contributed by atoms with Gasteiger partial charge in [0.05, 0.1) is 11.4 Å². The van der Waals surface area contributed by atoms with Gasteiger partial charge in [-0.25, -0.2) is 0 Å². The maximum absolute atomic E-state index is 11.9. The third-order valence-corrected chi connectivity index (χ3v) is 5.35. The summed E-state index contributed by atoms with van der Waals surface area (Å²) in [5.74, 6) is -0.483. The first-order valence-electron chi connectivity index (χ1n) is 8.52. The van der Waals surface area contributed by atoms with E-state index < -0.39 is 5.97 Å². The van der Waals surface area contributed by atoms with Gasteiger partial charge in [-0.15, -0.1) is 10.2 Å². The zero-order valence-electron chi connectivity index (χ0n) is 15.7. The highest BCUT2D eigenvalue weighted by Gasteiger charge is 2.15. The number of nitrogens with zero attached hydrogens (tertiary/aromatic N) is 3. The zero-order valence-corrected chi connectivity index (χ0v) is 17.3. The molecule has 146 valence electrons. The van der Waals surface area contributed by atoms with Gasteiger partial charge in [-0.1, -0.05) is 43.3 Å². The van der Waals surface area contributed by atoms with Gasteiger partial charge in [0.25, 0.3) is 5.91 Å². The molecule has 1 atom stereocenters. The van der Waals surface area contributed by atoms with Crippen LogP contribution in [0.3, 0.4) is 0 Å². The molecule has 0 aliphatic heterocycles. The van der Waals surface area contributed by atoms with Crippen LogP contribution in [0.15, 0.2) is 29.7 Å². The Kier molecular flexibility index (Phi) is 7.67. The van der Waals surface area contributed by atoms with E-state index in [-0.39, 0.29) is 24.3 Å². The van der Waals surface area contributed by atoms with Crippen LogP contribution in [0.5, 0.6) is 0 Å². The minimum absolute atomic E-state index is 0.0189. The van der Waals surface area contributed by atoms with Crippen molar-refractivity contribution in [2.75, 3.05) is 12.4 Å². The lowest BCUT2D eigenvalue weighted by atomic mass is 10.1. The van der Waals surface area contributed by atoms with E-state index in [1.165, 1.54) is 11.8 Å². The fourth-order valence-electron chi connectivity index (χ4n) is 2.01. The Labute approximate surface area is 167 Å². The summed E-state index contributed by atoms with van der Waals surface area (Å²) in [5.41, 5.74) is 1.77. The first-order valence-corrected chi connectivity index (χ1v) is 9.88. The molecule has 0 spiro atoms. The van der Waals surface area contributed by atoms with Crippen molar-refractivity contribution in [1.82, 2.24) is 20.1 Å². The van der Waals surface area contributed by atoms with Crippen molar-refractivity contribution in [3.63, 3.8) is 0 Å². The number of aromatic nitrogens is 3. The molecule has 0 aliphatic rings. The second-order valence-electron chi connectivity index (χ2n) is 6.47. The Bertz CT molecular complexity index is 810. The monoisotopic (exact) mass is 410 g/mol. The maximum atomic E-state index is 11.9. The largest absolute Gasteiger partial charge is 0.455 e. The molecule has 0 bridgehead atoms. The quantitative estimate of drug-likeness (QED) is 0.531. The molecule has 27 heavy (non-hydrogen) atoms. The van der Waals surface area contributed by atoms with E-state index in [1.807, 2.05) is 45.9 Å². The molecule has 0 saturated carbocycles. The van der Waals surface area contributed by atoms with E-state index in [1.54, 1.807) is 10.9 Å². The van der Waals surface area contributed by atoms with Gasteiger partial charge in [0.2, 0.25) is 0 Å². The van der Waals surface area contributed by atoms with Crippen LogP contribution in [-0.2, 0) is 14.3 Å². The van der Waals surface area contributed by atoms with Gasteiger partial charge in [-0.05, 0) is 37.5 Å². The van der Waals surface area contributed by atoms with Gasteiger partial charge in [-0.2, -0.15) is 0 Å². The number of ether oxygens (including phenoxy) is 1. The van der Waals surface area contributed by atoms with Crippen molar-refractivity contribution in [3.05, 3.63) is 35.1 Å². The van der Waals surface area contributed by atoms with E-state index in [4.69, 9.17) is 16.3 Å². The highest BCUT2D eigenvalue weighted by molar-refractivity contribution is 7.99. The predicted octanol–water partition coefficient (Wildman–Crippen LogP) is 3.03. The molecule has 1 unspecified atom stereocenters. The molecule has 0 aliphatic carbocycles. The number of esters is 1. The summed E-state index contributed by atoms with van der Waals surface area (Å²) in [6.07, 6.45) is 1.55. The van der Waals surface area contributed by atoms with Crippen LogP contribution < -0.4 is 5.32 Å². The lowest BCUT2D eigenvalue weighted by Gasteiger charge is -2.17. The molecule has 1 N–H and O–H groups in total. The fraction of sp³-hybridized carbons (Fsp3) is 0.444. The van der Waals surface area contributed by atoms with Crippen molar-refractivity contribution in [2.24, 2.45) is 5.92 Å². The number of carbonyl (C=O) groups is 2. The minimum atomic E-state index is -0.496. The molecule has 0 radical (unpaired) electrons. The van der Waals surface area contributed by atoms with E-state index in [0.717, 1.165) is 11.3 Å². The van der Waals surface area contributed by atoms with E-state index >= 15 is 0 Å². The number of benzene rings is 1. The second kappa shape index (κ2) is 9.75. The lowest BCUT2D eigenvalue weighted by molar-refractivity contribution is -0.146. The van der Waals surface area contributed by atoms with Crippen LogP contribution in [0.4, 0.5) is 0 Å². The Morgan fingerprint density at radius 3 is 2.74 bits per heavy atom. The Morgan fingerprint density at radius 2 is 2.07 bits per heavy atom. The van der Waals surface area contributed by atoms with Gasteiger partial charge in [0, 0.05) is 11.1 Å². The normalized spacial score (nSPS) is 12.1. The second-order valence-corrected chi connectivity index (χ2v) is 7.82. The number of rotatable bonds is 8. The smallest absolute Gasteiger partial charge is 0.316 e. The van der Waals surface area contributed by atoms with Crippen LogP contribution in [-0.4, -0.2) is 45.0 Å². The van der Waals surface area contributed by atoms with Crippen LogP contribution >= 0.6 is 23.4 Å². The van der Waals surface area contributed by atoms with E-state index in [0.29, 0.717) is 16.1 Å². The fourth-order valence-corrected chi connectivity index (χ4v) is 2.91. The SMILES string of the molecule is Cc1ccc(-n2cnnc2SCC(=O)OCC(=O)NC(C)C(C)C)cc1Cl. The first kappa shape index (κ1) is 21.2. The molecule has 0 saturated heterocycles. The number of aryl methyl sites for hydroxylation is 1. The summed E-state index contributed by atoms with van der Waals surface area (Å²) in [6.45, 7) is 7.54. The summed E-state index contributed by atoms with van der Waals surface area (Å²) in [5, 5.41) is 11.9. The number of nitrogens with one attached hydrogen (secondary N) is 1. The number of thioether (sulfide) groups is 1. The van der Waals surface area contributed by atoms with Crippen molar-refractivity contribution in [2.45, 2.75) is 38.9 Å². The number of hydrogen-bond donors (Lipinski definition) is 1. The summed E-state index contributed by atoms with van der Waals surface area (Å²) < 4.78 is 6.75. The van der Waals surface area contributed by atoms with E-state index in [9.17, 15) is 9.59 Å². The summed E-state index contributed by atoms with van der Waals surface area (Å²) in [6, 6.07) is 5.62. The summed E-state index contributed by atoms with van der Waals surface area (Å²) in [7, 11) is 0. The van der Waals surface area contributed by atoms with Gasteiger partial charge in [-0.3, -0.25) is 14.2 Å². The van der Waals surface area contributed by atoms with Gasteiger partial charge < -0.3 is 10.1 Å². The number of hydrogen-bond acceptors (Lipinski definition) is 6. The molecular formula is C18H23ClN4O3S. The topological polar surface area (TPSA) is 86.1 Å². The van der Waals surface area contributed by atoms with Crippen molar-refractivity contribution < 1.29 is 14.3 Å². The van der Waals surface area contributed by atoms with Crippen molar-refractivity contribution in [3.8, 4) is 5.69 Å². The van der Waals surface area contributed by atoms with Crippen LogP contribution in [0, 0.1) is 12.8 Å². The lowest BCUT2D eigenvalue weighted by Crippen LogP contribution is -2.38. The van der Waals surface area contributed by atoms with Crippen molar-refractivity contribution >= 4 is 35.2 Å². The molecule has 1 amide bonds. The van der Waals surface area contributed by atoms with Gasteiger partial charge in [0.15, 0.2) is 11.8 Å². The highest BCUT2D eigenvalue weighted by atomic mass is 35.5. The Hall–Kier alpha value is -2.06. The highest BCUT2D eigenvalue weighted by Crippen LogP contribution is 2.23. The molecule has 1 aromatic carbocycles. The molecule has 2 aromatic rings. The Morgan fingerprint density at radius 1 is 1.33 bits per heavy atom. The summed E-state index contributed by atoms with van der Waals surface area (Å²) >= 11 is 7.34. The molecule has 1 aromatic heterocycles. The van der Waals surface area contributed by atoms with Crippen LogP contribution in [0.2, 0.25) is 5.02 Å². The molecular weight excluding hydrogens is 388 g/mol. The zero-order chi connectivity index (χ0) is 20.0. The van der Waals surface area contributed by atoms with Gasteiger partial charge >= 0.3 is 5.97 Å².